The van der Waals surface area contributed by atoms with Gasteiger partial charge in [-0.25, -0.2) is 0 Å². The Morgan fingerprint density at radius 3 is 2.77 bits per heavy atom. The highest BCUT2D eigenvalue weighted by Crippen LogP contribution is 2.23. The Bertz CT molecular complexity index is 502. The number of H-pyrrole nitrogens is 1. The van der Waals surface area contributed by atoms with Crippen molar-refractivity contribution in [3.8, 4) is 0 Å². The van der Waals surface area contributed by atoms with E-state index in [2.05, 4.69) is 34.3 Å². The first-order chi connectivity index (χ1) is 10.7. The second-order valence-corrected chi connectivity index (χ2v) is 6.37. The van der Waals surface area contributed by atoms with Crippen molar-refractivity contribution in [2.24, 2.45) is 11.7 Å². The quantitative estimate of drug-likeness (QED) is 0.779. The van der Waals surface area contributed by atoms with E-state index in [1.165, 1.54) is 37.7 Å². The van der Waals surface area contributed by atoms with Gasteiger partial charge < -0.3 is 16.0 Å². The van der Waals surface area contributed by atoms with Crippen molar-refractivity contribution in [1.29, 1.82) is 0 Å². The number of aryl methyl sites for hydroxylation is 1. The van der Waals surface area contributed by atoms with E-state index in [-0.39, 0.29) is 0 Å². The number of rotatable bonds is 5. The molecule has 1 saturated carbocycles. The lowest BCUT2D eigenvalue weighted by Gasteiger charge is -2.24. The zero-order valence-corrected chi connectivity index (χ0v) is 13.9. The third-order valence-electron chi connectivity index (χ3n) is 4.48. The van der Waals surface area contributed by atoms with Crippen LogP contribution in [0.15, 0.2) is 24.5 Å². The SMILES string of the molecule is Cc1ccc(C(C)NCC2CCCCC2)c[nH]cc(CN)n1. The van der Waals surface area contributed by atoms with Crippen LogP contribution < -0.4 is 11.1 Å². The van der Waals surface area contributed by atoms with Crippen LogP contribution in [0.2, 0.25) is 0 Å². The van der Waals surface area contributed by atoms with Gasteiger partial charge in [-0.05, 0) is 50.8 Å². The molecule has 1 unspecified atom stereocenters. The fourth-order valence-corrected chi connectivity index (χ4v) is 3.02. The first-order valence-corrected chi connectivity index (χ1v) is 8.51. The van der Waals surface area contributed by atoms with E-state index in [1.807, 2.05) is 19.3 Å². The van der Waals surface area contributed by atoms with Crippen molar-refractivity contribution in [2.45, 2.75) is 58.5 Å². The van der Waals surface area contributed by atoms with Gasteiger partial charge in [0.1, 0.15) is 0 Å². The smallest absolute Gasteiger partial charge is 0.0702 e. The van der Waals surface area contributed by atoms with Gasteiger partial charge in [-0.2, -0.15) is 0 Å². The number of nitrogens with two attached hydrogens (primary N) is 1. The number of nitrogens with one attached hydrogen (secondary N) is 2. The normalized spacial score (nSPS) is 17.0. The van der Waals surface area contributed by atoms with Gasteiger partial charge in [0.05, 0.1) is 5.69 Å². The molecule has 122 valence electrons. The summed E-state index contributed by atoms with van der Waals surface area (Å²) < 4.78 is 0. The van der Waals surface area contributed by atoms with Crippen molar-refractivity contribution in [2.75, 3.05) is 6.54 Å². The van der Waals surface area contributed by atoms with Gasteiger partial charge in [0, 0.05) is 30.7 Å². The summed E-state index contributed by atoms with van der Waals surface area (Å²) >= 11 is 0. The first kappa shape index (κ1) is 17.0. The topological polar surface area (TPSA) is 66.7 Å². The Morgan fingerprint density at radius 2 is 2.05 bits per heavy atom. The number of aromatic amines is 1. The molecule has 1 atom stereocenters. The summed E-state index contributed by atoms with van der Waals surface area (Å²) in [5.74, 6) is 0.845. The highest BCUT2D eigenvalue weighted by atomic mass is 14.9. The Kier molecular flexibility index (Phi) is 6.87. The molecule has 4 N–H and O–H groups in total. The van der Waals surface area contributed by atoms with Gasteiger partial charge in [0.15, 0.2) is 0 Å². The van der Waals surface area contributed by atoms with Crippen molar-refractivity contribution in [3.05, 3.63) is 41.5 Å². The molecule has 2 rings (SSSR count). The molecule has 22 heavy (non-hydrogen) atoms. The van der Waals surface area contributed by atoms with Crippen molar-refractivity contribution in [1.82, 2.24) is 15.3 Å². The molecule has 0 aromatic carbocycles. The lowest BCUT2D eigenvalue weighted by Crippen LogP contribution is -2.27. The van der Waals surface area contributed by atoms with E-state index in [4.69, 9.17) is 5.73 Å². The Hall–Kier alpha value is -1.39. The van der Waals surface area contributed by atoms with Crippen LogP contribution >= 0.6 is 0 Å². The number of nitrogens with zero attached hydrogens (tertiary/aromatic N) is 1. The molecule has 1 aromatic heterocycles. The first-order valence-electron chi connectivity index (χ1n) is 8.51. The van der Waals surface area contributed by atoms with Crippen LogP contribution in [-0.4, -0.2) is 16.5 Å². The number of aromatic nitrogens is 2. The number of hydrogen-bond acceptors (Lipinski definition) is 3. The lowest BCUT2D eigenvalue weighted by molar-refractivity contribution is 0.331. The highest BCUT2D eigenvalue weighted by Gasteiger charge is 2.14. The zero-order chi connectivity index (χ0) is 15.8. The van der Waals surface area contributed by atoms with Crippen molar-refractivity contribution in [3.63, 3.8) is 0 Å². The monoisotopic (exact) mass is 302 g/mol. The van der Waals surface area contributed by atoms with Crippen molar-refractivity contribution < 1.29 is 0 Å². The fourth-order valence-electron chi connectivity index (χ4n) is 3.02. The predicted octanol–water partition coefficient (Wildman–Crippen LogP) is 3.53. The van der Waals surface area contributed by atoms with E-state index in [0.29, 0.717) is 12.6 Å². The van der Waals surface area contributed by atoms with Gasteiger partial charge in [-0.1, -0.05) is 25.3 Å². The van der Waals surface area contributed by atoms with E-state index >= 15 is 0 Å². The maximum Gasteiger partial charge on any atom is 0.0702 e. The summed E-state index contributed by atoms with van der Waals surface area (Å²) in [6.07, 6.45) is 10.9. The van der Waals surface area contributed by atoms with Gasteiger partial charge >= 0.3 is 0 Å². The average molecular weight is 302 g/mol. The summed E-state index contributed by atoms with van der Waals surface area (Å²) in [5, 5.41) is 3.69. The molecule has 0 saturated heterocycles. The molecule has 1 aliphatic carbocycles. The molecule has 4 nitrogen and oxygen atoms in total. The van der Waals surface area contributed by atoms with E-state index in [1.54, 1.807) is 0 Å². The fraction of sp³-hybridized carbons (Fsp3) is 0.611. The molecule has 0 spiro atoms. The van der Waals surface area contributed by atoms with Crippen molar-refractivity contribution >= 4 is 0 Å². The maximum absolute atomic E-state index is 5.69. The van der Waals surface area contributed by atoms with Crippen LogP contribution in [0.5, 0.6) is 0 Å². The average Bonchev–Trinajstić information content (AvgIpc) is 2.64. The highest BCUT2D eigenvalue weighted by molar-refractivity contribution is 5.14. The largest absolute Gasteiger partial charge is 0.366 e. The summed E-state index contributed by atoms with van der Waals surface area (Å²) in [5.41, 5.74) is 8.77. The lowest BCUT2D eigenvalue weighted by atomic mass is 9.89. The molecule has 0 bridgehead atoms. The van der Waals surface area contributed by atoms with Gasteiger partial charge in [0.2, 0.25) is 0 Å². The minimum Gasteiger partial charge on any atom is -0.366 e. The van der Waals surface area contributed by atoms with Crippen LogP contribution in [0.3, 0.4) is 0 Å². The summed E-state index contributed by atoms with van der Waals surface area (Å²) in [6.45, 7) is 5.78. The Balaban J connectivity index is 2.04. The van der Waals surface area contributed by atoms with E-state index in [0.717, 1.165) is 23.9 Å². The summed E-state index contributed by atoms with van der Waals surface area (Å²) in [7, 11) is 0. The third-order valence-corrected chi connectivity index (χ3v) is 4.48. The Labute approximate surface area is 134 Å². The Morgan fingerprint density at radius 1 is 1.27 bits per heavy atom. The van der Waals surface area contributed by atoms with Crippen LogP contribution in [0.4, 0.5) is 0 Å². The summed E-state index contributed by atoms with van der Waals surface area (Å²) in [4.78, 5) is 7.69. The van der Waals surface area contributed by atoms with E-state index in [9.17, 15) is 0 Å². The minimum atomic E-state index is 0.325. The molecular weight excluding hydrogens is 272 g/mol. The summed E-state index contributed by atoms with van der Waals surface area (Å²) in [6, 6.07) is 4.52. The van der Waals surface area contributed by atoms with Gasteiger partial charge in [-0.15, -0.1) is 0 Å². The molecule has 1 heterocycles. The molecule has 1 fully saturated rings. The number of hydrogen-bond donors (Lipinski definition) is 3. The second-order valence-electron chi connectivity index (χ2n) is 6.37. The van der Waals surface area contributed by atoms with Gasteiger partial charge in [-0.3, -0.25) is 4.98 Å². The maximum atomic E-state index is 5.69. The molecular formula is C18H30N4. The van der Waals surface area contributed by atoms with Crippen LogP contribution in [0, 0.1) is 12.8 Å². The molecule has 0 amide bonds. The molecule has 1 aliphatic rings. The minimum absolute atomic E-state index is 0.325. The molecule has 1 aromatic rings. The standard InChI is InChI=1S/C18H30N4/c1-14-8-9-17(12-20-13-18(10-19)22-14)15(2)21-11-16-6-4-3-5-7-16/h8-9,12-13,15-16,20-21H,3-7,10-11,19H2,1-2H3. The molecule has 0 aliphatic heterocycles. The van der Waals surface area contributed by atoms with Crippen LogP contribution in [0.25, 0.3) is 0 Å². The molecule has 0 radical (unpaired) electrons. The zero-order valence-electron chi connectivity index (χ0n) is 13.9. The molecule has 4 heteroatoms. The van der Waals surface area contributed by atoms with E-state index < -0.39 is 0 Å². The second kappa shape index (κ2) is 8.91. The van der Waals surface area contributed by atoms with Crippen LogP contribution in [0.1, 0.15) is 62.0 Å². The van der Waals surface area contributed by atoms with Crippen LogP contribution in [-0.2, 0) is 6.54 Å². The van der Waals surface area contributed by atoms with Gasteiger partial charge in [0.25, 0.3) is 0 Å². The third kappa shape index (κ3) is 5.43. The predicted molar refractivity (Wildman–Crippen MR) is 91.8 cm³/mol.